The quantitative estimate of drug-likeness (QED) is 0.170. The van der Waals surface area contributed by atoms with Gasteiger partial charge in [-0.15, -0.1) is 0 Å². The van der Waals surface area contributed by atoms with Gasteiger partial charge in [-0.05, 0) is 67.6 Å². The van der Waals surface area contributed by atoms with Gasteiger partial charge in [0.2, 0.25) is 11.8 Å². The van der Waals surface area contributed by atoms with Crippen LogP contribution in [0, 0.1) is 26.7 Å². The number of carbonyl (C=O) groups excluding carboxylic acids is 2. The third-order valence-electron chi connectivity index (χ3n) is 7.72. The number of rotatable bonds is 13. The molecule has 4 aromatic carbocycles. The summed E-state index contributed by atoms with van der Waals surface area (Å²) in [6.07, 6.45) is 0.253. The van der Waals surface area contributed by atoms with Gasteiger partial charge in [0.15, 0.2) is 0 Å². The van der Waals surface area contributed by atoms with Crippen molar-refractivity contribution in [3.05, 3.63) is 130 Å². The molecule has 2 amide bonds. The Morgan fingerprint density at radius 1 is 0.804 bits per heavy atom. The molecule has 46 heavy (non-hydrogen) atoms. The summed E-state index contributed by atoms with van der Waals surface area (Å²) in [5.74, 6) is -0.620. The third-order valence-corrected chi connectivity index (χ3v) is 9.73. The van der Waals surface area contributed by atoms with Crippen molar-refractivity contribution in [2.75, 3.05) is 17.4 Å². The standard InChI is InChI=1S/C37H42ClN3O4S/c1-26(2)23-39-37(43)35(21-30-11-7-6-8-12-30)40(24-31-13-9-10-28(4)20-31)36(42)25-41(34-22-32(38)17-16-29(34)5)46(44,45)33-18-14-27(3)15-19-33/h6-20,22,26,35H,21,23-25H2,1-5H3,(H,39,43)/t35-/m1/s1. The Kier molecular flexibility index (Phi) is 11.7. The molecular formula is C37H42ClN3O4S. The van der Waals surface area contributed by atoms with E-state index in [2.05, 4.69) is 5.32 Å². The number of nitrogens with zero attached hydrogens (tertiary/aromatic N) is 2. The summed E-state index contributed by atoms with van der Waals surface area (Å²) in [6, 6.07) is 27.8. The highest BCUT2D eigenvalue weighted by atomic mass is 35.5. The SMILES string of the molecule is Cc1ccc(S(=O)(=O)N(CC(=O)N(Cc2cccc(C)c2)[C@H](Cc2ccccc2)C(=O)NCC(C)C)c2cc(Cl)ccc2C)cc1. The summed E-state index contributed by atoms with van der Waals surface area (Å²) >= 11 is 6.37. The summed E-state index contributed by atoms with van der Waals surface area (Å²) in [5, 5.41) is 3.35. The van der Waals surface area contributed by atoms with Crippen LogP contribution in [0.25, 0.3) is 0 Å². The number of hydrogen-bond donors (Lipinski definition) is 1. The zero-order valence-corrected chi connectivity index (χ0v) is 28.6. The maximum absolute atomic E-state index is 14.6. The van der Waals surface area contributed by atoms with Crippen molar-refractivity contribution in [2.45, 2.75) is 58.5 Å². The smallest absolute Gasteiger partial charge is 0.264 e. The van der Waals surface area contributed by atoms with Crippen molar-refractivity contribution in [3.63, 3.8) is 0 Å². The van der Waals surface area contributed by atoms with Crippen LogP contribution >= 0.6 is 11.6 Å². The van der Waals surface area contributed by atoms with Crippen LogP contribution in [0.3, 0.4) is 0 Å². The Morgan fingerprint density at radius 3 is 2.13 bits per heavy atom. The average molecular weight is 660 g/mol. The van der Waals surface area contributed by atoms with E-state index in [9.17, 15) is 18.0 Å². The fraction of sp³-hybridized carbons (Fsp3) is 0.297. The number of anilines is 1. The highest BCUT2D eigenvalue weighted by Crippen LogP contribution is 2.30. The third kappa shape index (κ3) is 8.98. The summed E-state index contributed by atoms with van der Waals surface area (Å²) in [7, 11) is -4.22. The number of carbonyl (C=O) groups is 2. The fourth-order valence-electron chi connectivity index (χ4n) is 5.19. The summed E-state index contributed by atoms with van der Waals surface area (Å²) in [6.45, 7) is 9.63. The van der Waals surface area contributed by atoms with Crippen LogP contribution < -0.4 is 9.62 Å². The van der Waals surface area contributed by atoms with E-state index in [0.717, 1.165) is 26.6 Å². The topological polar surface area (TPSA) is 86.8 Å². The predicted octanol–water partition coefficient (Wildman–Crippen LogP) is 6.87. The van der Waals surface area contributed by atoms with E-state index >= 15 is 0 Å². The fourth-order valence-corrected chi connectivity index (χ4v) is 6.82. The molecule has 0 fully saturated rings. The number of aryl methyl sites for hydroxylation is 3. The minimum absolute atomic E-state index is 0.0472. The minimum atomic E-state index is -4.22. The summed E-state index contributed by atoms with van der Waals surface area (Å²) < 4.78 is 29.7. The lowest BCUT2D eigenvalue weighted by Crippen LogP contribution is -2.53. The lowest BCUT2D eigenvalue weighted by atomic mass is 10.0. The lowest BCUT2D eigenvalue weighted by Gasteiger charge is -2.34. The van der Waals surface area contributed by atoms with Crippen LogP contribution in [0.5, 0.6) is 0 Å². The Morgan fingerprint density at radius 2 is 1.48 bits per heavy atom. The molecule has 7 nitrogen and oxygen atoms in total. The maximum Gasteiger partial charge on any atom is 0.264 e. The van der Waals surface area contributed by atoms with Crippen molar-refractivity contribution < 1.29 is 18.0 Å². The molecule has 0 saturated carbocycles. The first-order chi connectivity index (χ1) is 21.8. The van der Waals surface area contributed by atoms with Crippen LogP contribution in [-0.4, -0.2) is 44.3 Å². The van der Waals surface area contributed by atoms with E-state index in [-0.39, 0.29) is 29.7 Å². The van der Waals surface area contributed by atoms with Crippen LogP contribution in [0.15, 0.2) is 102 Å². The Balaban J connectivity index is 1.83. The molecule has 0 heterocycles. The molecule has 9 heteroatoms. The number of hydrogen-bond acceptors (Lipinski definition) is 4. The second-order valence-electron chi connectivity index (χ2n) is 12.1. The number of nitrogens with one attached hydrogen (secondary N) is 1. The van der Waals surface area contributed by atoms with Crippen molar-refractivity contribution >= 4 is 39.1 Å². The number of benzene rings is 4. The zero-order valence-electron chi connectivity index (χ0n) is 27.0. The number of sulfonamides is 1. The largest absolute Gasteiger partial charge is 0.354 e. The van der Waals surface area contributed by atoms with Crippen molar-refractivity contribution in [1.29, 1.82) is 0 Å². The van der Waals surface area contributed by atoms with Gasteiger partial charge >= 0.3 is 0 Å². The second kappa shape index (κ2) is 15.4. The molecule has 4 aromatic rings. The monoisotopic (exact) mass is 659 g/mol. The van der Waals surface area contributed by atoms with Gasteiger partial charge in [-0.1, -0.05) is 109 Å². The summed E-state index contributed by atoms with van der Waals surface area (Å²) in [4.78, 5) is 30.1. The molecule has 0 saturated heterocycles. The van der Waals surface area contributed by atoms with Crippen molar-refractivity contribution in [3.8, 4) is 0 Å². The first kappa shape index (κ1) is 34.7. The van der Waals surface area contributed by atoms with Gasteiger partial charge in [-0.3, -0.25) is 13.9 Å². The second-order valence-corrected chi connectivity index (χ2v) is 14.4. The molecule has 0 aliphatic rings. The first-order valence-electron chi connectivity index (χ1n) is 15.4. The molecule has 0 aromatic heterocycles. The van der Waals surface area contributed by atoms with Crippen LogP contribution in [0.1, 0.15) is 41.7 Å². The van der Waals surface area contributed by atoms with E-state index in [0.29, 0.717) is 22.8 Å². The number of halogens is 1. The van der Waals surface area contributed by atoms with Crippen LogP contribution in [-0.2, 0) is 32.6 Å². The molecule has 242 valence electrons. The zero-order chi connectivity index (χ0) is 33.4. The van der Waals surface area contributed by atoms with Gasteiger partial charge in [-0.2, -0.15) is 0 Å². The van der Waals surface area contributed by atoms with E-state index in [4.69, 9.17) is 11.6 Å². The normalized spacial score (nSPS) is 12.1. The predicted molar refractivity (Wildman–Crippen MR) is 185 cm³/mol. The van der Waals surface area contributed by atoms with E-state index in [1.54, 1.807) is 37.3 Å². The first-order valence-corrected chi connectivity index (χ1v) is 17.2. The molecule has 4 rings (SSSR count). The van der Waals surface area contributed by atoms with Gasteiger partial charge in [-0.25, -0.2) is 8.42 Å². The average Bonchev–Trinajstić information content (AvgIpc) is 3.02. The highest BCUT2D eigenvalue weighted by Gasteiger charge is 2.35. The highest BCUT2D eigenvalue weighted by molar-refractivity contribution is 7.92. The molecular weight excluding hydrogens is 618 g/mol. The lowest BCUT2D eigenvalue weighted by molar-refractivity contribution is -0.140. The molecule has 0 radical (unpaired) electrons. The Labute approximate surface area is 278 Å². The van der Waals surface area contributed by atoms with Gasteiger partial charge < -0.3 is 10.2 Å². The molecule has 0 aliphatic carbocycles. The number of amides is 2. The van der Waals surface area contributed by atoms with Crippen LogP contribution in [0.2, 0.25) is 5.02 Å². The van der Waals surface area contributed by atoms with E-state index in [1.807, 2.05) is 82.3 Å². The van der Waals surface area contributed by atoms with Gasteiger partial charge in [0.05, 0.1) is 10.6 Å². The van der Waals surface area contributed by atoms with E-state index < -0.39 is 28.5 Å². The minimum Gasteiger partial charge on any atom is -0.354 e. The molecule has 0 bridgehead atoms. The molecule has 1 atom stereocenters. The van der Waals surface area contributed by atoms with E-state index in [1.165, 1.54) is 17.0 Å². The van der Waals surface area contributed by atoms with Gasteiger partial charge in [0.1, 0.15) is 12.6 Å². The summed E-state index contributed by atoms with van der Waals surface area (Å²) in [5.41, 5.74) is 4.54. The van der Waals surface area contributed by atoms with Crippen molar-refractivity contribution in [1.82, 2.24) is 10.2 Å². The van der Waals surface area contributed by atoms with Crippen LogP contribution in [0.4, 0.5) is 5.69 Å². The Bertz CT molecular complexity index is 1760. The molecule has 0 spiro atoms. The van der Waals surface area contributed by atoms with Gasteiger partial charge in [0, 0.05) is 24.5 Å². The molecule has 1 N–H and O–H groups in total. The maximum atomic E-state index is 14.6. The Hall–Kier alpha value is -4.14. The van der Waals surface area contributed by atoms with Crippen molar-refractivity contribution in [2.24, 2.45) is 5.92 Å². The van der Waals surface area contributed by atoms with Gasteiger partial charge in [0.25, 0.3) is 10.0 Å². The molecule has 0 unspecified atom stereocenters. The molecule has 0 aliphatic heterocycles.